The molecule has 1 aliphatic carbocycles. The molecule has 1 rings (SSSR count). The molecule has 0 heterocycles. The zero-order chi connectivity index (χ0) is 9.19. The van der Waals surface area contributed by atoms with E-state index in [4.69, 9.17) is 4.74 Å². The molecular formula is C10H20O2. The molecule has 0 spiro atoms. The maximum Gasteiger partial charge on any atom is 0.0546 e. The summed E-state index contributed by atoms with van der Waals surface area (Å²) in [5, 5.41) is 9.37. The van der Waals surface area contributed by atoms with E-state index in [0.29, 0.717) is 6.10 Å². The summed E-state index contributed by atoms with van der Waals surface area (Å²) in [6.07, 6.45) is 3.16. The van der Waals surface area contributed by atoms with Crippen LogP contribution in [-0.2, 0) is 4.74 Å². The molecule has 0 aliphatic heterocycles. The van der Waals surface area contributed by atoms with Crippen molar-refractivity contribution in [3.8, 4) is 0 Å². The van der Waals surface area contributed by atoms with E-state index in [1.54, 1.807) is 0 Å². The minimum Gasteiger partial charge on any atom is -0.393 e. The first kappa shape index (κ1) is 10.0. The number of rotatable bonds is 3. The predicted octanol–water partition coefficient (Wildman–Crippen LogP) is 1.96. The van der Waals surface area contributed by atoms with Crippen LogP contribution in [0.2, 0.25) is 0 Å². The van der Waals surface area contributed by atoms with Crippen LogP contribution < -0.4 is 0 Å². The highest BCUT2D eigenvalue weighted by molar-refractivity contribution is 4.85. The fraction of sp³-hybridized carbons (Fsp3) is 1.00. The van der Waals surface area contributed by atoms with Crippen molar-refractivity contribution in [1.29, 1.82) is 0 Å². The number of aliphatic hydroxyl groups excluding tert-OH is 1. The average molecular weight is 172 g/mol. The molecule has 2 atom stereocenters. The van der Waals surface area contributed by atoms with Crippen molar-refractivity contribution >= 4 is 0 Å². The van der Waals surface area contributed by atoms with Crippen LogP contribution in [0.25, 0.3) is 0 Å². The Balaban J connectivity index is 2.30. The minimum absolute atomic E-state index is 0.0919. The van der Waals surface area contributed by atoms with Gasteiger partial charge in [-0.3, -0.25) is 0 Å². The molecule has 1 N–H and O–H groups in total. The molecule has 0 aromatic heterocycles. The van der Waals surface area contributed by atoms with Gasteiger partial charge in [0, 0.05) is 0 Å². The van der Waals surface area contributed by atoms with Gasteiger partial charge in [0.05, 0.1) is 18.8 Å². The lowest BCUT2D eigenvalue weighted by Gasteiger charge is -2.24. The van der Waals surface area contributed by atoms with Gasteiger partial charge in [0.25, 0.3) is 0 Å². The molecule has 12 heavy (non-hydrogen) atoms. The van der Waals surface area contributed by atoms with Crippen LogP contribution in [0, 0.1) is 5.41 Å². The molecule has 0 radical (unpaired) electrons. The Hall–Kier alpha value is -0.0800. The Morgan fingerprint density at radius 3 is 2.67 bits per heavy atom. The molecule has 0 aromatic rings. The van der Waals surface area contributed by atoms with Gasteiger partial charge in [0.2, 0.25) is 0 Å². The second kappa shape index (κ2) is 3.75. The van der Waals surface area contributed by atoms with E-state index in [0.717, 1.165) is 25.9 Å². The Labute approximate surface area is 74.9 Å². The van der Waals surface area contributed by atoms with Crippen LogP contribution >= 0.6 is 0 Å². The fourth-order valence-corrected chi connectivity index (χ4v) is 1.79. The summed E-state index contributed by atoms with van der Waals surface area (Å²) in [5.41, 5.74) is 0.226. The molecule has 0 amide bonds. The van der Waals surface area contributed by atoms with Gasteiger partial charge in [-0.05, 0) is 38.5 Å². The molecule has 2 unspecified atom stereocenters. The van der Waals surface area contributed by atoms with Crippen LogP contribution in [-0.4, -0.2) is 23.9 Å². The number of hydrogen-bond acceptors (Lipinski definition) is 2. The predicted molar refractivity (Wildman–Crippen MR) is 49.1 cm³/mol. The molecule has 1 fully saturated rings. The van der Waals surface area contributed by atoms with E-state index in [1.807, 2.05) is 0 Å². The summed E-state index contributed by atoms with van der Waals surface area (Å²) in [7, 11) is 0. The fourth-order valence-electron chi connectivity index (χ4n) is 1.79. The van der Waals surface area contributed by atoms with Crippen LogP contribution in [0.3, 0.4) is 0 Å². The van der Waals surface area contributed by atoms with Crippen molar-refractivity contribution < 1.29 is 9.84 Å². The van der Waals surface area contributed by atoms with Crippen LogP contribution in [0.5, 0.6) is 0 Å². The third-order valence-corrected chi connectivity index (χ3v) is 2.57. The van der Waals surface area contributed by atoms with Crippen molar-refractivity contribution in [1.82, 2.24) is 0 Å². The summed E-state index contributed by atoms with van der Waals surface area (Å²) in [6.45, 7) is 7.09. The van der Waals surface area contributed by atoms with Gasteiger partial charge < -0.3 is 9.84 Å². The Morgan fingerprint density at radius 1 is 1.58 bits per heavy atom. The normalized spacial score (nSPS) is 36.2. The lowest BCUT2D eigenvalue weighted by Crippen LogP contribution is -2.22. The quantitative estimate of drug-likeness (QED) is 0.705. The van der Waals surface area contributed by atoms with Crippen LogP contribution in [0.15, 0.2) is 0 Å². The van der Waals surface area contributed by atoms with Gasteiger partial charge in [-0.25, -0.2) is 0 Å². The van der Waals surface area contributed by atoms with Crippen molar-refractivity contribution in [2.45, 2.75) is 52.2 Å². The van der Waals surface area contributed by atoms with E-state index in [2.05, 4.69) is 20.8 Å². The third kappa shape index (κ3) is 2.76. The van der Waals surface area contributed by atoms with Gasteiger partial charge in [-0.2, -0.15) is 0 Å². The minimum atomic E-state index is -0.0919. The number of hydrogen-bond donors (Lipinski definition) is 1. The Bertz CT molecular complexity index is 145. The molecular weight excluding hydrogens is 152 g/mol. The summed E-state index contributed by atoms with van der Waals surface area (Å²) >= 11 is 0. The zero-order valence-corrected chi connectivity index (χ0v) is 8.34. The highest BCUT2D eigenvalue weighted by Gasteiger charge is 2.34. The van der Waals surface area contributed by atoms with Crippen molar-refractivity contribution in [2.75, 3.05) is 6.61 Å². The first-order chi connectivity index (χ1) is 5.52. The standard InChI is InChI=1S/C10H20O2/c1-8(2)12-7-10(3)5-4-9(11)6-10/h8-9,11H,4-7H2,1-3H3. The van der Waals surface area contributed by atoms with Gasteiger partial charge in [-0.15, -0.1) is 0 Å². The van der Waals surface area contributed by atoms with Crippen molar-refractivity contribution in [2.24, 2.45) is 5.41 Å². The van der Waals surface area contributed by atoms with Crippen molar-refractivity contribution in [3.63, 3.8) is 0 Å². The zero-order valence-electron chi connectivity index (χ0n) is 8.34. The number of ether oxygens (including phenoxy) is 1. The summed E-state index contributed by atoms with van der Waals surface area (Å²) < 4.78 is 5.57. The second-order valence-corrected chi connectivity index (χ2v) is 4.57. The summed E-state index contributed by atoms with van der Waals surface area (Å²) in [4.78, 5) is 0. The topological polar surface area (TPSA) is 29.5 Å². The highest BCUT2D eigenvalue weighted by atomic mass is 16.5. The molecule has 1 aliphatic rings. The average Bonchev–Trinajstić information content (AvgIpc) is 2.29. The highest BCUT2D eigenvalue weighted by Crippen LogP contribution is 2.38. The van der Waals surface area contributed by atoms with E-state index in [-0.39, 0.29) is 11.5 Å². The lowest BCUT2D eigenvalue weighted by molar-refractivity contribution is 0.0114. The van der Waals surface area contributed by atoms with Crippen LogP contribution in [0.4, 0.5) is 0 Å². The van der Waals surface area contributed by atoms with Gasteiger partial charge >= 0.3 is 0 Å². The summed E-state index contributed by atoms with van der Waals surface area (Å²) in [5.74, 6) is 0. The molecule has 0 bridgehead atoms. The van der Waals surface area contributed by atoms with Gasteiger partial charge in [-0.1, -0.05) is 6.92 Å². The smallest absolute Gasteiger partial charge is 0.0546 e. The maximum atomic E-state index is 9.37. The lowest BCUT2D eigenvalue weighted by atomic mass is 9.90. The Morgan fingerprint density at radius 2 is 2.25 bits per heavy atom. The molecule has 0 saturated heterocycles. The molecule has 1 saturated carbocycles. The van der Waals surface area contributed by atoms with Gasteiger partial charge in [0.15, 0.2) is 0 Å². The molecule has 0 aromatic carbocycles. The van der Waals surface area contributed by atoms with E-state index < -0.39 is 0 Å². The van der Waals surface area contributed by atoms with E-state index in [9.17, 15) is 5.11 Å². The Kier molecular flexibility index (Phi) is 3.13. The molecule has 2 heteroatoms. The largest absolute Gasteiger partial charge is 0.393 e. The molecule has 72 valence electrons. The molecule has 2 nitrogen and oxygen atoms in total. The van der Waals surface area contributed by atoms with E-state index >= 15 is 0 Å². The van der Waals surface area contributed by atoms with Crippen molar-refractivity contribution in [3.05, 3.63) is 0 Å². The first-order valence-corrected chi connectivity index (χ1v) is 4.81. The number of aliphatic hydroxyl groups is 1. The maximum absolute atomic E-state index is 9.37. The monoisotopic (exact) mass is 172 g/mol. The third-order valence-electron chi connectivity index (χ3n) is 2.57. The SMILES string of the molecule is CC(C)OCC1(C)CCC(O)C1. The van der Waals surface area contributed by atoms with E-state index in [1.165, 1.54) is 0 Å². The second-order valence-electron chi connectivity index (χ2n) is 4.57. The van der Waals surface area contributed by atoms with Gasteiger partial charge in [0.1, 0.15) is 0 Å². The van der Waals surface area contributed by atoms with Crippen LogP contribution in [0.1, 0.15) is 40.0 Å². The first-order valence-electron chi connectivity index (χ1n) is 4.81. The summed E-state index contributed by atoms with van der Waals surface area (Å²) in [6, 6.07) is 0.